The van der Waals surface area contributed by atoms with Crippen LogP contribution in [-0.2, 0) is 5.41 Å². The van der Waals surface area contributed by atoms with Gasteiger partial charge in [-0.2, -0.15) is 0 Å². The Balaban J connectivity index is 0.941. The molecule has 0 radical (unpaired) electrons. The van der Waals surface area contributed by atoms with E-state index in [9.17, 15) is 0 Å². The van der Waals surface area contributed by atoms with E-state index in [0.717, 1.165) is 140 Å². The Morgan fingerprint density at radius 3 is 1.15 bits per heavy atom. The number of hydrogen-bond acceptors (Lipinski definition) is 3. The second-order valence-corrected chi connectivity index (χ2v) is 29.2. The van der Waals surface area contributed by atoms with E-state index in [2.05, 4.69) is 427 Å². The van der Waals surface area contributed by atoms with Crippen molar-refractivity contribution in [1.29, 1.82) is 0 Å². The van der Waals surface area contributed by atoms with Gasteiger partial charge in [-0.05, 0) is 193 Å². The topological polar surface area (TPSA) is 19.6 Å². The summed E-state index contributed by atoms with van der Waals surface area (Å²) >= 11 is 0. The van der Waals surface area contributed by atoms with E-state index in [0.29, 0.717) is 0 Å². The maximum atomic E-state index is 2.71. The molecule has 0 N–H and O–H groups in total. The Hall–Kier alpha value is -13.4. The number of aromatic nitrogens is 2. The molecule has 500 valence electrons. The highest BCUT2D eigenvalue weighted by Crippen LogP contribution is 2.54. The molecule has 16 aromatic carbocycles. The lowest BCUT2D eigenvalue weighted by molar-refractivity contribution is 0.591. The molecule has 2 aliphatic heterocycles. The lowest BCUT2D eigenvalue weighted by Gasteiger charge is -2.45. The predicted molar refractivity (Wildman–Crippen MR) is 450 cm³/mol. The molecule has 0 atom stereocenters. The summed E-state index contributed by atoms with van der Waals surface area (Å²) in [4.78, 5) is 7.71. The van der Waals surface area contributed by atoms with Crippen molar-refractivity contribution in [2.45, 2.75) is 26.2 Å². The third-order valence-electron chi connectivity index (χ3n) is 21.9. The van der Waals surface area contributed by atoms with Crippen molar-refractivity contribution in [3.05, 3.63) is 388 Å². The predicted octanol–water partition coefficient (Wildman–Crippen LogP) is 25.1. The molecule has 4 heterocycles. The summed E-state index contributed by atoms with van der Waals surface area (Å²) in [5.41, 5.74) is 32.6. The van der Waals surface area contributed by atoms with Gasteiger partial charge in [-0.1, -0.05) is 282 Å². The number of rotatable bonds is 12. The van der Waals surface area contributed by atoms with Crippen LogP contribution in [0.5, 0.6) is 0 Å². The van der Waals surface area contributed by atoms with E-state index in [1.807, 2.05) is 0 Å². The third kappa shape index (κ3) is 10.4. The van der Waals surface area contributed by atoms with Gasteiger partial charge in [-0.3, -0.25) is 0 Å². The van der Waals surface area contributed by atoms with Crippen LogP contribution in [0.2, 0.25) is 0 Å². The fourth-order valence-corrected chi connectivity index (χ4v) is 17.1. The molecule has 0 amide bonds. The summed E-state index contributed by atoms with van der Waals surface area (Å²) in [5.74, 6) is 0. The molecule has 0 fully saturated rings. The number of fused-ring (bicyclic) bond motifs is 10. The quantitative estimate of drug-likeness (QED) is 0.114. The van der Waals surface area contributed by atoms with Crippen molar-refractivity contribution in [2.75, 3.05) is 14.7 Å². The summed E-state index contributed by atoms with van der Waals surface area (Å²) in [6, 6.07) is 143. The molecule has 0 spiro atoms. The molecule has 0 saturated heterocycles. The van der Waals surface area contributed by atoms with Crippen LogP contribution in [0, 0.1) is 0 Å². The van der Waals surface area contributed by atoms with Gasteiger partial charge in [0.05, 0.1) is 33.4 Å². The van der Waals surface area contributed by atoms with Crippen LogP contribution in [0.3, 0.4) is 0 Å². The largest absolute Gasteiger partial charge is 0.311 e. The summed E-state index contributed by atoms with van der Waals surface area (Å²) in [6.45, 7) is 6.80. The van der Waals surface area contributed by atoms with Gasteiger partial charge in [0.15, 0.2) is 0 Å². The first kappa shape index (κ1) is 62.4. The fraction of sp³-hybridized carbons (Fsp3) is 0.0400. The Labute approximate surface area is 618 Å². The van der Waals surface area contributed by atoms with Gasteiger partial charge < -0.3 is 23.8 Å². The first-order valence-electron chi connectivity index (χ1n) is 36.8. The van der Waals surface area contributed by atoms with Crippen LogP contribution in [0.4, 0.5) is 51.2 Å². The van der Waals surface area contributed by atoms with Gasteiger partial charge in [0, 0.05) is 83.9 Å². The van der Waals surface area contributed by atoms with E-state index in [4.69, 9.17) is 0 Å². The standard InChI is InChI=1S/C100H72BN5/c1-100(2,3)75-61-85(70-37-17-7-18-38-70)99(86(62-75)71-39-19-8-20-40-71)106-95-64-79(103-92-50-30-27-47-84(92)87-63-78(53-56-93(87)103)102(76-41-21-9-22-42-76)77-43-23-10-24-44-77)52-55-89(95)101-88-54-51-72(67-31-11-4-12-32-67)60-94(88)105(80-58-73(68-33-13-5-14-34-68)57-74(59-80)69-35-15-6-16-36-69)96-65-81(66-97(106)98(96)101)104-90-48-28-25-45-82(90)83-46-26-29-49-91(83)104/h4-66H,1-3H3. The van der Waals surface area contributed by atoms with Crippen LogP contribution < -0.4 is 31.1 Å². The molecule has 106 heavy (non-hydrogen) atoms. The molecular formula is C100H72BN5. The van der Waals surface area contributed by atoms with Gasteiger partial charge in [0.2, 0.25) is 0 Å². The molecule has 20 rings (SSSR count). The first-order chi connectivity index (χ1) is 52.2. The molecule has 0 saturated carbocycles. The average Bonchev–Trinajstić information content (AvgIpc) is 0.768. The second-order valence-electron chi connectivity index (χ2n) is 29.2. The Kier molecular flexibility index (Phi) is 14.8. The zero-order valence-electron chi connectivity index (χ0n) is 59.2. The number of nitrogens with zero attached hydrogens (tertiary/aromatic N) is 5. The lowest BCUT2D eigenvalue weighted by Crippen LogP contribution is -2.61. The third-order valence-corrected chi connectivity index (χ3v) is 21.9. The molecule has 6 heteroatoms. The molecule has 2 aliphatic rings. The highest BCUT2D eigenvalue weighted by molar-refractivity contribution is 7.00. The summed E-state index contributed by atoms with van der Waals surface area (Å²) in [7, 11) is 0. The van der Waals surface area contributed by atoms with Crippen molar-refractivity contribution in [1.82, 2.24) is 9.13 Å². The van der Waals surface area contributed by atoms with Crippen LogP contribution in [0.15, 0.2) is 382 Å². The normalized spacial score (nSPS) is 12.4. The average molecular weight is 1350 g/mol. The van der Waals surface area contributed by atoms with Gasteiger partial charge in [-0.25, -0.2) is 0 Å². The van der Waals surface area contributed by atoms with E-state index < -0.39 is 0 Å². The number of benzene rings is 16. The number of hydrogen-bond donors (Lipinski definition) is 0. The minimum absolute atomic E-state index is 0.218. The van der Waals surface area contributed by atoms with Crippen LogP contribution in [-0.4, -0.2) is 15.8 Å². The van der Waals surface area contributed by atoms with Crippen LogP contribution >= 0.6 is 0 Å². The molecular weight excluding hydrogens is 1280 g/mol. The van der Waals surface area contributed by atoms with E-state index in [1.165, 1.54) is 43.5 Å². The van der Waals surface area contributed by atoms with Gasteiger partial charge >= 0.3 is 0 Å². The summed E-state index contributed by atoms with van der Waals surface area (Å²) < 4.78 is 5.05. The van der Waals surface area contributed by atoms with Crippen molar-refractivity contribution in [2.24, 2.45) is 0 Å². The highest BCUT2D eigenvalue weighted by atomic mass is 15.2. The molecule has 18 aromatic rings. The van der Waals surface area contributed by atoms with E-state index in [-0.39, 0.29) is 12.1 Å². The lowest BCUT2D eigenvalue weighted by atomic mass is 9.33. The highest BCUT2D eigenvalue weighted by Gasteiger charge is 2.46. The van der Waals surface area contributed by atoms with Gasteiger partial charge in [0.25, 0.3) is 6.71 Å². The molecule has 0 unspecified atom stereocenters. The molecule has 5 nitrogen and oxygen atoms in total. The number of anilines is 9. The van der Waals surface area contributed by atoms with Crippen LogP contribution in [0.1, 0.15) is 26.3 Å². The smallest absolute Gasteiger partial charge is 0.252 e. The SMILES string of the molecule is CC(C)(C)c1cc(-c2ccccc2)c(N2c3cc(-n4c5ccccc5c5cc(N(c6ccccc6)c6ccccc6)ccc54)ccc3B3c4ccc(-c5ccccc5)cc4N(c4cc(-c5ccccc5)cc(-c5ccccc5)c4)c4cc(-n5c6ccccc6c6ccccc65)cc2c43)c(-c2ccccc2)c1. The van der Waals surface area contributed by atoms with Crippen molar-refractivity contribution in [3.63, 3.8) is 0 Å². The fourth-order valence-electron chi connectivity index (χ4n) is 17.1. The first-order valence-corrected chi connectivity index (χ1v) is 36.8. The summed E-state index contributed by atoms with van der Waals surface area (Å²) in [6.07, 6.45) is 0. The Morgan fingerprint density at radius 2 is 0.651 bits per heavy atom. The van der Waals surface area contributed by atoms with Crippen molar-refractivity contribution in [3.8, 4) is 67.0 Å². The maximum Gasteiger partial charge on any atom is 0.252 e. The molecule has 2 aromatic heterocycles. The van der Waals surface area contributed by atoms with Gasteiger partial charge in [-0.15, -0.1) is 0 Å². The second kappa shape index (κ2) is 25.2. The van der Waals surface area contributed by atoms with E-state index >= 15 is 0 Å². The van der Waals surface area contributed by atoms with Crippen molar-refractivity contribution >= 4 is 118 Å². The Bertz CT molecular complexity index is 6210. The zero-order valence-corrected chi connectivity index (χ0v) is 59.2. The Morgan fingerprint density at radius 1 is 0.255 bits per heavy atom. The van der Waals surface area contributed by atoms with Crippen molar-refractivity contribution < 1.29 is 0 Å². The summed E-state index contributed by atoms with van der Waals surface area (Å²) in [5, 5.41) is 4.75. The maximum absolute atomic E-state index is 2.71. The number of para-hydroxylation sites is 5. The van der Waals surface area contributed by atoms with E-state index in [1.54, 1.807) is 0 Å². The monoisotopic (exact) mass is 1350 g/mol. The minimum atomic E-state index is -0.253. The molecule has 0 aliphatic carbocycles. The molecule has 0 bridgehead atoms. The zero-order chi connectivity index (χ0) is 70.6. The minimum Gasteiger partial charge on any atom is -0.311 e. The van der Waals surface area contributed by atoms with Gasteiger partial charge in [0.1, 0.15) is 0 Å². The van der Waals surface area contributed by atoms with Crippen LogP contribution in [0.25, 0.3) is 111 Å².